The average molecular weight is 521 g/mol. The molecule has 0 aliphatic heterocycles. The zero-order chi connectivity index (χ0) is 23.4. The van der Waals surface area contributed by atoms with Crippen LogP contribution in [-0.4, -0.2) is 28.6 Å². The molecule has 3 rings (SSSR count). The molecule has 6 nitrogen and oxygen atoms in total. The molecule has 0 amide bonds. The summed E-state index contributed by atoms with van der Waals surface area (Å²) in [5.74, 6) is 1.69. The van der Waals surface area contributed by atoms with Crippen LogP contribution >= 0.6 is 27.5 Å². The van der Waals surface area contributed by atoms with E-state index in [0.717, 1.165) is 10.9 Å². The molecule has 3 aromatic rings. The number of halogens is 2. The summed E-state index contributed by atoms with van der Waals surface area (Å²) in [5.41, 5.74) is 1.11. The molecule has 0 unspecified atom stereocenters. The third-order valence-corrected chi connectivity index (χ3v) is 5.67. The standard InChI is InChI=1S/C24H27BrClN3O3/c1-6-15(5)23-28-20-9-8-17(25)12-18(20)24(30)29(23)27-13-16-10-19(26)22(32-14(3)4)21(11-16)31-7-2/h8-15H,6-7H2,1-5H3/t15-/m1/s1. The fraction of sp³-hybridized carbons (Fsp3) is 0.375. The second-order valence-electron chi connectivity index (χ2n) is 7.73. The van der Waals surface area contributed by atoms with Crippen molar-refractivity contribution in [1.82, 2.24) is 9.66 Å². The Morgan fingerprint density at radius 2 is 1.97 bits per heavy atom. The van der Waals surface area contributed by atoms with Gasteiger partial charge in [0.15, 0.2) is 11.5 Å². The van der Waals surface area contributed by atoms with Crippen molar-refractivity contribution in [3.05, 3.63) is 61.6 Å². The highest BCUT2D eigenvalue weighted by atomic mass is 79.9. The maximum Gasteiger partial charge on any atom is 0.282 e. The van der Waals surface area contributed by atoms with Crippen molar-refractivity contribution in [2.24, 2.45) is 5.10 Å². The van der Waals surface area contributed by atoms with E-state index in [1.54, 1.807) is 24.4 Å². The van der Waals surface area contributed by atoms with E-state index in [1.165, 1.54) is 4.68 Å². The summed E-state index contributed by atoms with van der Waals surface area (Å²) in [6.07, 6.45) is 2.36. The van der Waals surface area contributed by atoms with E-state index in [1.807, 2.05) is 39.8 Å². The van der Waals surface area contributed by atoms with Gasteiger partial charge in [-0.05, 0) is 63.1 Å². The highest BCUT2D eigenvalue weighted by molar-refractivity contribution is 9.10. The minimum atomic E-state index is -0.223. The van der Waals surface area contributed by atoms with Crippen LogP contribution in [0.5, 0.6) is 11.5 Å². The van der Waals surface area contributed by atoms with Crippen LogP contribution in [-0.2, 0) is 0 Å². The molecule has 0 saturated carbocycles. The molecule has 1 atom stereocenters. The van der Waals surface area contributed by atoms with E-state index in [4.69, 9.17) is 26.1 Å². The largest absolute Gasteiger partial charge is 0.490 e. The number of aromatic nitrogens is 2. The number of rotatable bonds is 8. The van der Waals surface area contributed by atoms with Gasteiger partial charge in [-0.15, -0.1) is 0 Å². The van der Waals surface area contributed by atoms with Crippen molar-refractivity contribution in [2.75, 3.05) is 6.61 Å². The highest BCUT2D eigenvalue weighted by Gasteiger charge is 2.17. The van der Waals surface area contributed by atoms with Gasteiger partial charge in [0.05, 0.1) is 34.9 Å². The molecule has 8 heteroatoms. The number of nitrogens with zero attached hydrogens (tertiary/aromatic N) is 3. The fourth-order valence-corrected chi connectivity index (χ4v) is 3.80. The Morgan fingerprint density at radius 1 is 1.22 bits per heavy atom. The Labute approximate surface area is 201 Å². The van der Waals surface area contributed by atoms with Crippen molar-refractivity contribution < 1.29 is 9.47 Å². The van der Waals surface area contributed by atoms with E-state index in [0.29, 0.717) is 45.4 Å². The summed E-state index contributed by atoms with van der Waals surface area (Å²) in [5, 5.41) is 5.42. The molecule has 0 bridgehead atoms. The lowest BCUT2D eigenvalue weighted by Crippen LogP contribution is -2.23. The van der Waals surface area contributed by atoms with E-state index >= 15 is 0 Å². The lowest BCUT2D eigenvalue weighted by Gasteiger charge is -2.17. The van der Waals surface area contributed by atoms with Crippen molar-refractivity contribution in [1.29, 1.82) is 0 Å². The Balaban J connectivity index is 2.13. The molecule has 0 aliphatic carbocycles. The van der Waals surface area contributed by atoms with Crippen LogP contribution in [0.2, 0.25) is 5.02 Å². The maximum absolute atomic E-state index is 13.3. The first-order valence-corrected chi connectivity index (χ1v) is 11.8. The predicted octanol–water partition coefficient (Wildman–Crippen LogP) is 6.39. The van der Waals surface area contributed by atoms with Gasteiger partial charge in [0.25, 0.3) is 5.56 Å². The topological polar surface area (TPSA) is 65.7 Å². The molecular weight excluding hydrogens is 494 g/mol. The van der Waals surface area contributed by atoms with Crippen LogP contribution in [0.25, 0.3) is 10.9 Å². The van der Waals surface area contributed by atoms with Gasteiger partial charge >= 0.3 is 0 Å². The first-order chi connectivity index (χ1) is 15.2. The lowest BCUT2D eigenvalue weighted by molar-refractivity contribution is 0.224. The fourth-order valence-electron chi connectivity index (χ4n) is 3.18. The monoisotopic (exact) mass is 519 g/mol. The van der Waals surface area contributed by atoms with Crippen LogP contribution in [0.1, 0.15) is 58.3 Å². The molecule has 1 aromatic heterocycles. The second-order valence-corrected chi connectivity index (χ2v) is 9.05. The van der Waals surface area contributed by atoms with Gasteiger partial charge in [-0.3, -0.25) is 4.79 Å². The first-order valence-electron chi connectivity index (χ1n) is 10.6. The zero-order valence-electron chi connectivity index (χ0n) is 18.9. The van der Waals surface area contributed by atoms with Gasteiger partial charge < -0.3 is 9.47 Å². The van der Waals surface area contributed by atoms with Crippen LogP contribution in [0.15, 0.2) is 44.7 Å². The third-order valence-electron chi connectivity index (χ3n) is 4.89. The summed E-state index contributed by atoms with van der Waals surface area (Å²) in [7, 11) is 0. The SMILES string of the molecule is CCOc1cc(C=Nn2c([C@H](C)CC)nc3ccc(Br)cc3c2=O)cc(Cl)c1OC(C)C. The normalized spacial score (nSPS) is 12.6. The van der Waals surface area contributed by atoms with Crippen molar-refractivity contribution in [3.8, 4) is 11.5 Å². The zero-order valence-corrected chi connectivity index (χ0v) is 21.2. The summed E-state index contributed by atoms with van der Waals surface area (Å²) in [6, 6.07) is 9.02. The predicted molar refractivity (Wildman–Crippen MR) is 134 cm³/mol. The Morgan fingerprint density at radius 3 is 2.62 bits per heavy atom. The van der Waals surface area contributed by atoms with E-state index in [-0.39, 0.29) is 17.6 Å². The summed E-state index contributed by atoms with van der Waals surface area (Å²) in [6.45, 7) is 10.3. The molecule has 0 spiro atoms. The van der Waals surface area contributed by atoms with Crippen LogP contribution in [0.4, 0.5) is 0 Å². The minimum absolute atomic E-state index is 0.0501. The van der Waals surface area contributed by atoms with Crippen molar-refractivity contribution in [2.45, 2.75) is 53.1 Å². The second kappa shape index (κ2) is 10.5. The third kappa shape index (κ3) is 5.33. The number of hydrogen-bond donors (Lipinski definition) is 0. The molecule has 1 heterocycles. The van der Waals surface area contributed by atoms with Crippen molar-refractivity contribution >= 4 is 44.6 Å². The van der Waals surface area contributed by atoms with Gasteiger partial charge in [0, 0.05) is 10.4 Å². The Kier molecular flexibility index (Phi) is 7.96. The molecular formula is C24H27BrClN3O3. The van der Waals surface area contributed by atoms with Gasteiger partial charge in [-0.2, -0.15) is 9.78 Å². The number of benzene rings is 2. The van der Waals surface area contributed by atoms with E-state index < -0.39 is 0 Å². The molecule has 0 N–H and O–H groups in total. The maximum atomic E-state index is 13.3. The van der Waals surface area contributed by atoms with Crippen LogP contribution < -0.4 is 15.0 Å². The molecule has 170 valence electrons. The number of ether oxygens (including phenoxy) is 2. The molecule has 0 fully saturated rings. The van der Waals surface area contributed by atoms with E-state index in [9.17, 15) is 4.79 Å². The van der Waals surface area contributed by atoms with Crippen LogP contribution in [0, 0.1) is 0 Å². The first kappa shape index (κ1) is 24.3. The van der Waals surface area contributed by atoms with Crippen molar-refractivity contribution in [3.63, 3.8) is 0 Å². The van der Waals surface area contributed by atoms with E-state index in [2.05, 4.69) is 28.0 Å². The molecule has 0 saturated heterocycles. The van der Waals surface area contributed by atoms with Gasteiger partial charge in [0.2, 0.25) is 0 Å². The quantitative estimate of drug-likeness (QED) is 0.323. The average Bonchev–Trinajstić information content (AvgIpc) is 2.75. The molecule has 32 heavy (non-hydrogen) atoms. The molecule has 2 aromatic carbocycles. The summed E-state index contributed by atoms with van der Waals surface area (Å²) < 4.78 is 13.7. The minimum Gasteiger partial charge on any atom is -0.490 e. The number of fused-ring (bicyclic) bond motifs is 1. The van der Waals surface area contributed by atoms with Crippen LogP contribution in [0.3, 0.4) is 0 Å². The number of hydrogen-bond acceptors (Lipinski definition) is 5. The lowest BCUT2D eigenvalue weighted by atomic mass is 10.1. The van der Waals surface area contributed by atoms with Gasteiger partial charge in [-0.25, -0.2) is 4.98 Å². The summed E-state index contributed by atoms with van der Waals surface area (Å²) >= 11 is 9.90. The Bertz CT molecular complexity index is 1210. The highest BCUT2D eigenvalue weighted by Crippen LogP contribution is 2.37. The Hall–Kier alpha value is -2.38. The smallest absolute Gasteiger partial charge is 0.282 e. The van der Waals surface area contributed by atoms with Gasteiger partial charge in [0.1, 0.15) is 5.82 Å². The molecule has 0 aliphatic rings. The van der Waals surface area contributed by atoms with Gasteiger partial charge in [-0.1, -0.05) is 41.4 Å². The molecule has 0 radical (unpaired) electrons. The summed E-state index contributed by atoms with van der Waals surface area (Å²) in [4.78, 5) is 18.0.